The van der Waals surface area contributed by atoms with Crippen LogP contribution in [0.2, 0.25) is 0 Å². The molecule has 2 rings (SSSR count). The molecule has 0 unspecified atom stereocenters. The van der Waals surface area contributed by atoms with Crippen LogP contribution in [0.15, 0.2) is 0 Å². The van der Waals surface area contributed by atoms with Crippen molar-refractivity contribution in [2.24, 2.45) is 11.8 Å². The van der Waals surface area contributed by atoms with E-state index in [0.29, 0.717) is 44.8 Å². The maximum Gasteiger partial charge on any atom is 0.410 e. The quantitative estimate of drug-likeness (QED) is 0.367. The van der Waals surface area contributed by atoms with Gasteiger partial charge in [0.1, 0.15) is 5.60 Å². The van der Waals surface area contributed by atoms with Gasteiger partial charge in [0.2, 0.25) is 23.4 Å². The van der Waals surface area contributed by atoms with Gasteiger partial charge in [-0.2, -0.15) is 0 Å². The number of esters is 1. The van der Waals surface area contributed by atoms with Crippen LogP contribution in [0.5, 0.6) is 0 Å². The van der Waals surface area contributed by atoms with Crippen LogP contribution in [0.4, 0.5) is 4.79 Å². The fourth-order valence-electron chi connectivity index (χ4n) is 4.74. The molecule has 11 heteroatoms. The number of piperidine rings is 2. The fourth-order valence-corrected chi connectivity index (χ4v) is 4.74. The van der Waals surface area contributed by atoms with Gasteiger partial charge in [-0.15, -0.1) is 0 Å². The zero-order valence-corrected chi connectivity index (χ0v) is 23.2. The number of likely N-dealkylation sites (tertiary alicyclic amines) is 2. The number of carbonyl (C=O) groups is 5. The van der Waals surface area contributed by atoms with Gasteiger partial charge in [0.05, 0.1) is 12.5 Å². The van der Waals surface area contributed by atoms with E-state index in [2.05, 4.69) is 10.6 Å². The second-order valence-corrected chi connectivity index (χ2v) is 11.1. The summed E-state index contributed by atoms with van der Waals surface area (Å²) in [6, 6.07) is 0. The number of rotatable bonds is 8. The van der Waals surface area contributed by atoms with Crippen molar-refractivity contribution in [3.63, 3.8) is 0 Å². The first kappa shape index (κ1) is 30.4. The molecule has 2 fully saturated rings. The Morgan fingerprint density at radius 1 is 0.919 bits per heavy atom. The summed E-state index contributed by atoms with van der Waals surface area (Å²) in [5, 5.41) is 5.09. The van der Waals surface area contributed by atoms with Gasteiger partial charge in [-0.1, -0.05) is 0 Å². The Balaban J connectivity index is 1.84. The lowest BCUT2D eigenvalue weighted by molar-refractivity contribution is -0.157. The minimum absolute atomic E-state index is 0.00193. The van der Waals surface area contributed by atoms with Crippen LogP contribution < -0.4 is 10.6 Å². The summed E-state index contributed by atoms with van der Waals surface area (Å²) in [4.78, 5) is 65.7. The molecule has 0 spiro atoms. The molecule has 0 aromatic heterocycles. The van der Waals surface area contributed by atoms with Crippen molar-refractivity contribution in [3.05, 3.63) is 0 Å². The van der Waals surface area contributed by atoms with Gasteiger partial charge in [-0.25, -0.2) is 9.59 Å². The predicted octanol–water partition coefficient (Wildman–Crippen LogP) is 2.18. The van der Waals surface area contributed by atoms with E-state index in [4.69, 9.17) is 9.47 Å². The van der Waals surface area contributed by atoms with Crippen molar-refractivity contribution in [1.82, 2.24) is 20.4 Å². The van der Waals surface area contributed by atoms with E-state index in [9.17, 15) is 24.0 Å². The second-order valence-electron chi connectivity index (χ2n) is 11.1. The Hall–Kier alpha value is -2.85. The number of nitrogens with one attached hydrogen (secondary N) is 2. The number of ether oxygens (including phenoxy) is 2. The average molecular weight is 525 g/mol. The van der Waals surface area contributed by atoms with Gasteiger partial charge in [0, 0.05) is 39.5 Å². The summed E-state index contributed by atoms with van der Waals surface area (Å²) >= 11 is 0. The highest BCUT2D eigenvalue weighted by Gasteiger charge is 2.40. The average Bonchev–Trinajstić information content (AvgIpc) is 2.81. The third-order valence-corrected chi connectivity index (χ3v) is 6.66. The van der Waals surface area contributed by atoms with Crippen molar-refractivity contribution in [1.29, 1.82) is 0 Å². The first-order chi connectivity index (χ1) is 17.2. The van der Waals surface area contributed by atoms with Crippen molar-refractivity contribution in [2.75, 3.05) is 32.8 Å². The Morgan fingerprint density at radius 3 is 2.14 bits per heavy atom. The highest BCUT2D eigenvalue weighted by molar-refractivity contribution is 5.92. The van der Waals surface area contributed by atoms with E-state index in [1.54, 1.807) is 16.7 Å². The molecule has 11 nitrogen and oxygen atoms in total. The van der Waals surface area contributed by atoms with Crippen molar-refractivity contribution >= 4 is 29.8 Å². The zero-order valence-electron chi connectivity index (χ0n) is 23.2. The lowest BCUT2D eigenvalue weighted by Gasteiger charge is -2.36. The van der Waals surface area contributed by atoms with Crippen LogP contribution in [-0.2, 0) is 28.7 Å². The topological polar surface area (TPSA) is 134 Å². The summed E-state index contributed by atoms with van der Waals surface area (Å²) in [5.41, 5.74) is -2.20. The van der Waals surface area contributed by atoms with Crippen LogP contribution in [0, 0.1) is 11.8 Å². The summed E-state index contributed by atoms with van der Waals surface area (Å²) in [6.07, 6.45) is 3.74. The minimum atomic E-state index is -1.68. The molecular formula is C26H44N4O7. The molecule has 0 bridgehead atoms. The lowest BCUT2D eigenvalue weighted by Crippen LogP contribution is -2.65. The highest BCUT2D eigenvalue weighted by atomic mass is 16.6. The first-order valence-electron chi connectivity index (χ1n) is 13.3. The van der Waals surface area contributed by atoms with E-state index in [1.165, 1.54) is 13.8 Å². The van der Waals surface area contributed by atoms with Crippen LogP contribution in [0.1, 0.15) is 80.1 Å². The standard InChI is InChI=1S/C26H44N4O7/c1-7-36-23(34)26(6,27-18(2)31)28-22(33)20-9-8-14-30(17-20)21(32)11-10-19-12-15-29(16-13-19)24(35)37-25(3,4)5/h19-20H,7-17H2,1-6H3,(H,27,31)(H,28,33)/t20-,26+/m1/s1. The largest absolute Gasteiger partial charge is 0.463 e. The summed E-state index contributed by atoms with van der Waals surface area (Å²) in [7, 11) is 0. The smallest absolute Gasteiger partial charge is 0.410 e. The predicted molar refractivity (Wildman–Crippen MR) is 136 cm³/mol. The SMILES string of the molecule is CCOC(=O)[C@@](C)(NC(C)=O)NC(=O)[C@@H]1CCCN(C(=O)CCC2CCN(C(=O)OC(C)(C)C)CC2)C1. The van der Waals surface area contributed by atoms with E-state index >= 15 is 0 Å². The van der Waals surface area contributed by atoms with Crippen molar-refractivity contribution in [3.8, 4) is 0 Å². The molecule has 2 N–H and O–H groups in total. The minimum Gasteiger partial charge on any atom is -0.463 e. The monoisotopic (exact) mass is 524 g/mol. The van der Waals surface area contributed by atoms with E-state index in [-0.39, 0.29) is 25.2 Å². The molecule has 2 heterocycles. The van der Waals surface area contributed by atoms with Gasteiger partial charge in [0.25, 0.3) is 0 Å². The first-order valence-corrected chi connectivity index (χ1v) is 13.3. The fraction of sp³-hybridized carbons (Fsp3) is 0.808. The second kappa shape index (κ2) is 13.1. The van der Waals surface area contributed by atoms with E-state index in [0.717, 1.165) is 19.3 Å². The molecule has 2 aliphatic heterocycles. The maximum atomic E-state index is 13.0. The molecule has 0 aromatic carbocycles. The number of amides is 4. The van der Waals surface area contributed by atoms with Gasteiger partial charge < -0.3 is 29.9 Å². The number of hydrogen-bond acceptors (Lipinski definition) is 7. The van der Waals surface area contributed by atoms with Crippen molar-refractivity contribution in [2.45, 2.75) is 91.3 Å². The molecular weight excluding hydrogens is 480 g/mol. The van der Waals surface area contributed by atoms with E-state index in [1.807, 2.05) is 20.8 Å². The van der Waals surface area contributed by atoms with Gasteiger partial charge in [-0.05, 0) is 72.6 Å². The number of nitrogens with zero attached hydrogens (tertiary/aromatic N) is 2. The Morgan fingerprint density at radius 2 is 1.57 bits per heavy atom. The normalized spacial score (nSPS) is 20.4. The van der Waals surface area contributed by atoms with Gasteiger partial charge in [0.15, 0.2) is 0 Å². The molecule has 2 aliphatic rings. The lowest BCUT2D eigenvalue weighted by atomic mass is 9.91. The third kappa shape index (κ3) is 9.51. The molecule has 0 radical (unpaired) electrons. The van der Waals surface area contributed by atoms with Crippen LogP contribution in [-0.4, -0.2) is 83.6 Å². The molecule has 4 amide bonds. The van der Waals surface area contributed by atoms with Gasteiger partial charge in [-0.3, -0.25) is 14.4 Å². The summed E-state index contributed by atoms with van der Waals surface area (Å²) < 4.78 is 10.5. The van der Waals surface area contributed by atoms with Crippen molar-refractivity contribution < 1.29 is 33.4 Å². The Kier molecular flexibility index (Phi) is 10.8. The van der Waals surface area contributed by atoms with E-state index < -0.39 is 35.0 Å². The summed E-state index contributed by atoms with van der Waals surface area (Å²) in [6.45, 7) is 12.0. The molecule has 0 aliphatic carbocycles. The molecule has 37 heavy (non-hydrogen) atoms. The highest BCUT2D eigenvalue weighted by Crippen LogP contribution is 2.25. The van der Waals surface area contributed by atoms with Crippen LogP contribution in [0.3, 0.4) is 0 Å². The molecule has 2 saturated heterocycles. The Labute approximate surface area is 220 Å². The Bertz CT molecular complexity index is 848. The molecule has 210 valence electrons. The number of carbonyl (C=O) groups excluding carboxylic acids is 5. The third-order valence-electron chi connectivity index (χ3n) is 6.66. The summed E-state index contributed by atoms with van der Waals surface area (Å²) in [5.74, 6) is -1.77. The van der Waals surface area contributed by atoms with Gasteiger partial charge >= 0.3 is 12.1 Å². The maximum absolute atomic E-state index is 13.0. The molecule has 0 aromatic rings. The number of hydrogen-bond donors (Lipinski definition) is 2. The molecule has 0 saturated carbocycles. The zero-order chi connectivity index (χ0) is 27.8. The van der Waals surface area contributed by atoms with Crippen LogP contribution >= 0.6 is 0 Å². The molecule has 2 atom stereocenters. The van der Waals surface area contributed by atoms with Crippen LogP contribution in [0.25, 0.3) is 0 Å².